The summed E-state index contributed by atoms with van der Waals surface area (Å²) in [6, 6.07) is 3.51. The number of nitrogens with two attached hydrogens (primary N) is 1. The van der Waals surface area contributed by atoms with Crippen molar-refractivity contribution in [2.24, 2.45) is 5.73 Å². The number of methoxy groups -OCH3 is 2. The van der Waals surface area contributed by atoms with Crippen molar-refractivity contribution in [2.45, 2.75) is 18.6 Å². The van der Waals surface area contributed by atoms with Crippen LogP contribution in [0.5, 0.6) is 11.5 Å². The molecule has 0 bridgehead atoms. The average molecular weight is 249 g/mol. The van der Waals surface area contributed by atoms with E-state index in [1.807, 2.05) is 0 Å². The molecular formula is C11H14F3NO2. The lowest BCUT2D eigenvalue weighted by Crippen LogP contribution is -2.20. The Morgan fingerprint density at radius 1 is 1.24 bits per heavy atom. The Bertz CT molecular complexity index is 379. The fourth-order valence-electron chi connectivity index (χ4n) is 1.56. The van der Waals surface area contributed by atoms with Gasteiger partial charge in [-0.2, -0.15) is 13.2 Å². The Labute approximate surface area is 97.3 Å². The van der Waals surface area contributed by atoms with Crippen LogP contribution in [0.25, 0.3) is 0 Å². The van der Waals surface area contributed by atoms with Crippen molar-refractivity contribution in [3.8, 4) is 11.5 Å². The fourth-order valence-corrected chi connectivity index (χ4v) is 1.56. The molecule has 0 spiro atoms. The number of rotatable bonds is 4. The van der Waals surface area contributed by atoms with Crippen LogP contribution >= 0.6 is 0 Å². The normalized spacial score (nSPS) is 13.3. The van der Waals surface area contributed by atoms with Gasteiger partial charge in [0.25, 0.3) is 0 Å². The minimum absolute atomic E-state index is 0.242. The van der Waals surface area contributed by atoms with Crippen molar-refractivity contribution in [2.75, 3.05) is 14.2 Å². The highest BCUT2D eigenvalue weighted by Crippen LogP contribution is 2.37. The molecule has 0 aromatic heterocycles. The van der Waals surface area contributed by atoms with Gasteiger partial charge in [0.2, 0.25) is 0 Å². The van der Waals surface area contributed by atoms with Gasteiger partial charge in [0, 0.05) is 11.6 Å². The van der Waals surface area contributed by atoms with E-state index in [1.54, 1.807) is 12.1 Å². The maximum Gasteiger partial charge on any atom is 0.390 e. The van der Waals surface area contributed by atoms with E-state index in [1.165, 1.54) is 20.3 Å². The topological polar surface area (TPSA) is 44.5 Å². The largest absolute Gasteiger partial charge is 0.493 e. The van der Waals surface area contributed by atoms with E-state index >= 15 is 0 Å². The van der Waals surface area contributed by atoms with E-state index in [-0.39, 0.29) is 11.3 Å². The zero-order valence-corrected chi connectivity index (χ0v) is 9.54. The van der Waals surface area contributed by atoms with Gasteiger partial charge < -0.3 is 15.2 Å². The summed E-state index contributed by atoms with van der Waals surface area (Å²) in [6.07, 6.45) is -5.41. The van der Waals surface area contributed by atoms with Crippen LogP contribution in [0.1, 0.15) is 18.0 Å². The van der Waals surface area contributed by atoms with Crippen LogP contribution in [0.15, 0.2) is 18.2 Å². The third kappa shape index (κ3) is 3.52. The minimum Gasteiger partial charge on any atom is -0.493 e. The first kappa shape index (κ1) is 13.6. The third-order valence-electron chi connectivity index (χ3n) is 2.28. The molecule has 17 heavy (non-hydrogen) atoms. The lowest BCUT2D eigenvalue weighted by molar-refractivity contribution is -0.138. The SMILES string of the molecule is COc1cccc([C@@H](N)CC(F)(F)F)c1OC. The minimum atomic E-state index is -4.31. The molecule has 1 rings (SSSR count). The van der Waals surface area contributed by atoms with Gasteiger partial charge in [-0.3, -0.25) is 0 Å². The van der Waals surface area contributed by atoms with Gasteiger partial charge >= 0.3 is 6.18 Å². The first-order chi connectivity index (χ1) is 7.89. The smallest absolute Gasteiger partial charge is 0.390 e. The highest BCUT2D eigenvalue weighted by Gasteiger charge is 2.32. The molecule has 1 aromatic rings. The van der Waals surface area contributed by atoms with Gasteiger partial charge in [-0.15, -0.1) is 0 Å². The molecule has 0 radical (unpaired) electrons. The van der Waals surface area contributed by atoms with E-state index in [0.29, 0.717) is 5.75 Å². The van der Waals surface area contributed by atoms with Crippen LogP contribution in [-0.2, 0) is 0 Å². The molecule has 0 saturated carbocycles. The van der Waals surface area contributed by atoms with Crippen LogP contribution < -0.4 is 15.2 Å². The second-order valence-corrected chi connectivity index (χ2v) is 3.51. The monoisotopic (exact) mass is 249 g/mol. The van der Waals surface area contributed by atoms with Gasteiger partial charge in [-0.25, -0.2) is 0 Å². The molecule has 1 atom stereocenters. The van der Waals surface area contributed by atoms with Crippen LogP contribution in [0.2, 0.25) is 0 Å². The van der Waals surface area contributed by atoms with E-state index in [0.717, 1.165) is 0 Å². The first-order valence-corrected chi connectivity index (χ1v) is 4.92. The number of ether oxygens (including phenoxy) is 2. The Balaban J connectivity index is 3.04. The maximum atomic E-state index is 12.3. The third-order valence-corrected chi connectivity index (χ3v) is 2.28. The van der Waals surface area contributed by atoms with Gasteiger partial charge in [0.05, 0.1) is 20.6 Å². The molecule has 0 unspecified atom stereocenters. The zero-order valence-electron chi connectivity index (χ0n) is 9.54. The van der Waals surface area contributed by atoms with E-state index < -0.39 is 18.6 Å². The molecule has 2 N–H and O–H groups in total. The summed E-state index contributed by atoms with van der Waals surface area (Å²) in [6.45, 7) is 0. The zero-order chi connectivity index (χ0) is 13.1. The van der Waals surface area contributed by atoms with Gasteiger partial charge in [0.15, 0.2) is 11.5 Å². The van der Waals surface area contributed by atoms with E-state index in [9.17, 15) is 13.2 Å². The maximum absolute atomic E-state index is 12.3. The summed E-state index contributed by atoms with van der Waals surface area (Å²) in [5.74, 6) is 0.606. The second-order valence-electron chi connectivity index (χ2n) is 3.51. The van der Waals surface area contributed by atoms with E-state index in [2.05, 4.69) is 0 Å². The number of hydrogen-bond acceptors (Lipinski definition) is 3. The lowest BCUT2D eigenvalue weighted by Gasteiger charge is -2.18. The van der Waals surface area contributed by atoms with Gasteiger partial charge in [-0.1, -0.05) is 12.1 Å². The molecular weight excluding hydrogens is 235 g/mol. The fraction of sp³-hybridized carbons (Fsp3) is 0.455. The second kappa shape index (κ2) is 5.27. The lowest BCUT2D eigenvalue weighted by atomic mass is 10.0. The highest BCUT2D eigenvalue weighted by molar-refractivity contribution is 5.48. The number of hydrogen-bond donors (Lipinski definition) is 1. The van der Waals surface area contributed by atoms with Crippen molar-refractivity contribution < 1.29 is 22.6 Å². The Kier molecular flexibility index (Phi) is 4.22. The summed E-state index contributed by atoms with van der Waals surface area (Å²) in [4.78, 5) is 0. The summed E-state index contributed by atoms with van der Waals surface area (Å²) >= 11 is 0. The van der Waals surface area contributed by atoms with Crippen molar-refractivity contribution in [3.63, 3.8) is 0 Å². The molecule has 3 nitrogen and oxygen atoms in total. The van der Waals surface area contributed by atoms with Crippen LogP contribution in [0, 0.1) is 0 Å². The molecule has 0 heterocycles. The number of benzene rings is 1. The summed E-state index contributed by atoms with van der Waals surface area (Å²) < 4.78 is 46.8. The van der Waals surface area contributed by atoms with Crippen LogP contribution in [-0.4, -0.2) is 20.4 Å². The standard InChI is InChI=1S/C11H14F3NO2/c1-16-9-5-3-4-7(10(9)17-2)8(15)6-11(12,13)14/h3-5,8H,6,15H2,1-2H3/t8-/m0/s1. The Hall–Kier alpha value is -1.43. The number of halogens is 3. The highest BCUT2D eigenvalue weighted by atomic mass is 19.4. The van der Waals surface area contributed by atoms with Crippen molar-refractivity contribution in [3.05, 3.63) is 23.8 Å². The summed E-state index contributed by atoms with van der Waals surface area (Å²) in [7, 11) is 2.78. The molecule has 0 amide bonds. The summed E-state index contributed by atoms with van der Waals surface area (Å²) in [5, 5.41) is 0. The predicted molar refractivity (Wildman–Crippen MR) is 57.1 cm³/mol. The number of para-hydroxylation sites is 1. The van der Waals surface area contributed by atoms with Crippen molar-refractivity contribution >= 4 is 0 Å². The number of alkyl halides is 3. The molecule has 0 aliphatic carbocycles. The molecule has 0 aliphatic rings. The van der Waals surface area contributed by atoms with Crippen LogP contribution in [0.3, 0.4) is 0 Å². The van der Waals surface area contributed by atoms with Crippen molar-refractivity contribution in [1.82, 2.24) is 0 Å². The van der Waals surface area contributed by atoms with E-state index in [4.69, 9.17) is 15.2 Å². The molecule has 0 fully saturated rings. The van der Waals surface area contributed by atoms with Gasteiger partial charge in [0.1, 0.15) is 0 Å². The van der Waals surface area contributed by atoms with Crippen LogP contribution in [0.4, 0.5) is 13.2 Å². The van der Waals surface area contributed by atoms with Crippen molar-refractivity contribution in [1.29, 1.82) is 0 Å². The molecule has 96 valence electrons. The predicted octanol–water partition coefficient (Wildman–Crippen LogP) is 2.66. The quantitative estimate of drug-likeness (QED) is 0.892. The first-order valence-electron chi connectivity index (χ1n) is 4.92. The average Bonchev–Trinajstić information content (AvgIpc) is 2.25. The molecule has 0 saturated heterocycles. The molecule has 0 aliphatic heterocycles. The Morgan fingerprint density at radius 2 is 1.88 bits per heavy atom. The van der Waals surface area contributed by atoms with Gasteiger partial charge in [-0.05, 0) is 6.07 Å². The Morgan fingerprint density at radius 3 is 2.35 bits per heavy atom. The summed E-state index contributed by atoms with van der Waals surface area (Å²) in [5.41, 5.74) is 5.81. The molecule has 1 aromatic carbocycles. The molecule has 6 heteroatoms.